The minimum Gasteiger partial charge on any atom is -0.458 e. The number of benzene rings is 9. The van der Waals surface area contributed by atoms with Gasteiger partial charge in [0.2, 0.25) is 0 Å². The van der Waals surface area contributed by atoms with Crippen LogP contribution in [-0.4, -0.2) is 14.8 Å². The van der Waals surface area contributed by atoms with Crippen molar-refractivity contribution < 1.29 is 9.47 Å². The third kappa shape index (κ3) is 6.59. The van der Waals surface area contributed by atoms with Crippen LogP contribution in [0.25, 0.3) is 21.5 Å². The lowest BCUT2D eigenvalue weighted by atomic mass is 9.33. The predicted molar refractivity (Wildman–Crippen MR) is 270 cm³/mol. The molecule has 2 aliphatic heterocycles. The molecule has 0 radical (unpaired) electrons. The molecule has 0 spiro atoms. The van der Waals surface area contributed by atoms with E-state index in [4.69, 9.17) is 9.47 Å². The fourth-order valence-corrected chi connectivity index (χ4v) is 11.1. The van der Waals surface area contributed by atoms with E-state index in [1.807, 2.05) is 0 Å². The Labute approximate surface area is 372 Å². The number of rotatable bonds is 7. The standard InChI is InChI=1S/C57H49BN2O2Si/c1-36-16-12-20-40(28-36)59(41-21-13-17-37(2)29-41)49-34-53-55(47-26-10-8-24-45(47)49)58-56-48-27-11-9-25-46(48)50(60(42-22-14-18-38(3)30-42)43-23-15-19-39(4)31-43)35-54(56)62-52-33-44(63(5,6)7)32-51(61-53)57(52)58/h8-35H,1-7H3. The molecule has 9 aromatic rings. The van der Waals surface area contributed by atoms with Gasteiger partial charge in [0.15, 0.2) is 0 Å². The largest absolute Gasteiger partial charge is 0.458 e. The van der Waals surface area contributed by atoms with Crippen molar-refractivity contribution in [2.45, 2.75) is 47.3 Å². The van der Waals surface area contributed by atoms with E-state index >= 15 is 0 Å². The van der Waals surface area contributed by atoms with Crippen molar-refractivity contribution in [3.05, 3.63) is 192 Å². The molecule has 0 saturated heterocycles. The molecule has 0 aliphatic carbocycles. The van der Waals surface area contributed by atoms with Gasteiger partial charge in [0.1, 0.15) is 23.0 Å². The van der Waals surface area contributed by atoms with Crippen molar-refractivity contribution in [1.29, 1.82) is 0 Å². The first-order valence-electron chi connectivity index (χ1n) is 22.0. The van der Waals surface area contributed by atoms with Gasteiger partial charge in [-0.05, 0) is 132 Å². The van der Waals surface area contributed by atoms with Crippen LogP contribution in [0.4, 0.5) is 34.1 Å². The maximum atomic E-state index is 7.31. The molecule has 0 N–H and O–H groups in total. The van der Waals surface area contributed by atoms with Gasteiger partial charge in [-0.3, -0.25) is 0 Å². The Morgan fingerprint density at radius 2 is 0.698 bits per heavy atom. The fourth-order valence-electron chi connectivity index (χ4n) is 9.92. The minimum absolute atomic E-state index is 0.158. The molecule has 9 aromatic carbocycles. The second-order valence-electron chi connectivity index (χ2n) is 18.5. The van der Waals surface area contributed by atoms with Gasteiger partial charge in [-0.2, -0.15) is 0 Å². The van der Waals surface area contributed by atoms with Crippen molar-refractivity contribution in [1.82, 2.24) is 0 Å². The average Bonchev–Trinajstić information content (AvgIpc) is 3.26. The molecule has 2 aliphatic rings. The van der Waals surface area contributed by atoms with Crippen LogP contribution in [0.2, 0.25) is 19.6 Å². The van der Waals surface area contributed by atoms with E-state index < -0.39 is 8.07 Å². The van der Waals surface area contributed by atoms with E-state index in [1.165, 1.54) is 27.4 Å². The second-order valence-corrected chi connectivity index (χ2v) is 23.6. The minimum atomic E-state index is -1.84. The van der Waals surface area contributed by atoms with Gasteiger partial charge in [0.25, 0.3) is 6.71 Å². The number of ether oxygens (including phenoxy) is 2. The third-order valence-corrected chi connectivity index (χ3v) is 14.9. The van der Waals surface area contributed by atoms with Crippen molar-refractivity contribution in [3.63, 3.8) is 0 Å². The summed E-state index contributed by atoms with van der Waals surface area (Å²) in [5.41, 5.74) is 14.8. The first-order chi connectivity index (χ1) is 30.5. The molecular formula is C57H49BN2O2Si. The molecular weight excluding hydrogens is 784 g/mol. The molecule has 2 heterocycles. The summed E-state index contributed by atoms with van der Waals surface area (Å²) in [5.74, 6) is 3.49. The third-order valence-electron chi connectivity index (χ3n) is 12.9. The zero-order chi connectivity index (χ0) is 43.1. The maximum absolute atomic E-state index is 7.31. The van der Waals surface area contributed by atoms with Crippen molar-refractivity contribution in [2.24, 2.45) is 0 Å². The zero-order valence-corrected chi connectivity index (χ0v) is 38.0. The Bertz CT molecular complexity index is 3020. The fraction of sp³-hybridized carbons (Fsp3) is 0.123. The monoisotopic (exact) mass is 832 g/mol. The lowest BCUT2D eigenvalue weighted by Gasteiger charge is -2.37. The summed E-state index contributed by atoms with van der Waals surface area (Å²) >= 11 is 0. The molecule has 0 bridgehead atoms. The highest BCUT2D eigenvalue weighted by molar-refractivity contribution is 7.01. The van der Waals surface area contributed by atoms with Crippen molar-refractivity contribution in [3.8, 4) is 23.0 Å². The SMILES string of the molecule is Cc1cccc(N(c2cccc(C)c2)c2cc3c(c4ccccc24)B2c4c(cc([Si](C)(C)C)cc4Oc4cc(N(c5cccc(C)c5)c5cccc(C)c5)c5ccccc5c42)O3)c1. The number of hydrogen-bond acceptors (Lipinski definition) is 4. The molecule has 0 atom stereocenters. The topological polar surface area (TPSA) is 24.9 Å². The Hall–Kier alpha value is -7.02. The highest BCUT2D eigenvalue weighted by Gasteiger charge is 2.44. The summed E-state index contributed by atoms with van der Waals surface area (Å²) in [6.45, 7) is 15.7. The summed E-state index contributed by atoms with van der Waals surface area (Å²) in [5, 5.41) is 5.93. The molecule has 0 saturated carbocycles. The van der Waals surface area contributed by atoms with Crippen LogP contribution >= 0.6 is 0 Å². The molecule has 0 amide bonds. The first kappa shape index (κ1) is 38.9. The van der Waals surface area contributed by atoms with Gasteiger partial charge in [-0.25, -0.2) is 0 Å². The zero-order valence-electron chi connectivity index (χ0n) is 37.0. The predicted octanol–water partition coefficient (Wildman–Crippen LogP) is 13.4. The van der Waals surface area contributed by atoms with Gasteiger partial charge < -0.3 is 19.3 Å². The van der Waals surface area contributed by atoms with Crippen molar-refractivity contribution >= 4 is 92.0 Å². The normalized spacial score (nSPS) is 12.6. The number of nitrogens with zero attached hydrogens (tertiary/aromatic N) is 2. The van der Waals surface area contributed by atoms with Crippen LogP contribution < -0.4 is 40.8 Å². The maximum Gasteiger partial charge on any atom is 0.262 e. The first-order valence-corrected chi connectivity index (χ1v) is 25.5. The van der Waals surface area contributed by atoms with E-state index in [2.05, 4.69) is 227 Å². The summed E-state index contributed by atoms with van der Waals surface area (Å²) in [6, 6.07) is 62.2. The molecule has 0 aromatic heterocycles. The molecule has 306 valence electrons. The van der Waals surface area contributed by atoms with E-state index in [-0.39, 0.29) is 6.71 Å². The summed E-state index contributed by atoms with van der Waals surface area (Å²) in [4.78, 5) is 4.80. The Balaban J connectivity index is 1.22. The van der Waals surface area contributed by atoms with Crippen LogP contribution in [0.1, 0.15) is 22.3 Å². The smallest absolute Gasteiger partial charge is 0.262 e. The number of hydrogen-bond donors (Lipinski definition) is 0. The molecule has 63 heavy (non-hydrogen) atoms. The Kier molecular flexibility index (Phi) is 9.14. The molecule has 6 heteroatoms. The van der Waals surface area contributed by atoms with Gasteiger partial charge in [-0.1, -0.05) is 122 Å². The lowest BCUT2D eigenvalue weighted by molar-refractivity contribution is 0.466. The summed E-state index contributed by atoms with van der Waals surface area (Å²) in [6.07, 6.45) is 0. The van der Waals surface area contributed by atoms with E-state index in [0.29, 0.717) is 0 Å². The molecule has 0 fully saturated rings. The van der Waals surface area contributed by atoms with E-state index in [1.54, 1.807) is 0 Å². The van der Waals surface area contributed by atoms with Gasteiger partial charge in [0, 0.05) is 51.1 Å². The molecule has 0 unspecified atom stereocenters. The highest BCUT2D eigenvalue weighted by Crippen LogP contribution is 2.47. The second kappa shape index (κ2) is 14.8. The molecule has 4 nitrogen and oxygen atoms in total. The van der Waals surface area contributed by atoms with Gasteiger partial charge in [0.05, 0.1) is 19.4 Å². The number of aryl methyl sites for hydroxylation is 4. The number of fused-ring (bicyclic) bond motifs is 8. The number of anilines is 6. The van der Waals surface area contributed by atoms with E-state index in [9.17, 15) is 0 Å². The van der Waals surface area contributed by atoms with Crippen LogP contribution in [0.15, 0.2) is 170 Å². The summed E-state index contributed by atoms with van der Waals surface area (Å²) in [7, 11) is -1.84. The summed E-state index contributed by atoms with van der Waals surface area (Å²) < 4.78 is 14.6. The Morgan fingerprint density at radius 3 is 1.03 bits per heavy atom. The van der Waals surface area contributed by atoms with Crippen LogP contribution in [0, 0.1) is 27.7 Å². The van der Waals surface area contributed by atoms with Gasteiger partial charge in [-0.15, -0.1) is 0 Å². The van der Waals surface area contributed by atoms with Crippen molar-refractivity contribution in [2.75, 3.05) is 9.80 Å². The lowest BCUT2D eigenvalue weighted by Crippen LogP contribution is -2.58. The van der Waals surface area contributed by atoms with E-state index in [0.717, 1.165) is 95.1 Å². The highest BCUT2D eigenvalue weighted by atomic mass is 28.3. The average molecular weight is 833 g/mol. The molecule has 11 rings (SSSR count). The van der Waals surface area contributed by atoms with Crippen LogP contribution in [0.3, 0.4) is 0 Å². The quantitative estimate of drug-likeness (QED) is 0.149. The van der Waals surface area contributed by atoms with Crippen LogP contribution in [-0.2, 0) is 0 Å². The van der Waals surface area contributed by atoms with Gasteiger partial charge >= 0.3 is 0 Å². The Morgan fingerprint density at radius 1 is 0.365 bits per heavy atom. The van der Waals surface area contributed by atoms with Crippen LogP contribution in [0.5, 0.6) is 23.0 Å².